The summed E-state index contributed by atoms with van der Waals surface area (Å²) in [6.07, 6.45) is 2.47. The summed E-state index contributed by atoms with van der Waals surface area (Å²) in [7, 11) is 3.47. The lowest BCUT2D eigenvalue weighted by molar-refractivity contribution is 0.273. The van der Waals surface area contributed by atoms with E-state index in [0.29, 0.717) is 12.4 Å². The quantitative estimate of drug-likeness (QED) is 0.676. The van der Waals surface area contributed by atoms with Gasteiger partial charge in [0.15, 0.2) is 5.96 Å². The number of rotatable bonds is 3. The Bertz CT molecular complexity index is 453. The summed E-state index contributed by atoms with van der Waals surface area (Å²) in [4.78, 5) is 11.1. The molecule has 0 bridgehead atoms. The lowest BCUT2D eigenvalue weighted by Crippen LogP contribution is -2.45. The van der Waals surface area contributed by atoms with E-state index in [1.54, 1.807) is 7.11 Å². The zero-order valence-corrected chi connectivity index (χ0v) is 12.6. The topological polar surface area (TPSA) is 49.8 Å². The highest BCUT2D eigenvalue weighted by atomic mass is 16.5. The molecule has 0 aromatic carbocycles. The van der Waals surface area contributed by atoms with Gasteiger partial charge in [0.2, 0.25) is 5.88 Å². The number of aromatic nitrogens is 1. The Morgan fingerprint density at radius 2 is 2.20 bits per heavy atom. The second-order valence-electron chi connectivity index (χ2n) is 5.24. The molecule has 5 nitrogen and oxygen atoms in total. The van der Waals surface area contributed by atoms with Crippen LogP contribution in [0.2, 0.25) is 0 Å². The molecule has 20 heavy (non-hydrogen) atoms. The van der Waals surface area contributed by atoms with Crippen molar-refractivity contribution >= 4 is 5.96 Å². The molecule has 0 unspecified atom stereocenters. The van der Waals surface area contributed by atoms with E-state index in [9.17, 15) is 0 Å². The van der Waals surface area contributed by atoms with E-state index in [1.165, 1.54) is 12.8 Å². The Hall–Kier alpha value is -1.78. The highest BCUT2D eigenvalue weighted by molar-refractivity contribution is 5.79. The van der Waals surface area contributed by atoms with Gasteiger partial charge in [0.05, 0.1) is 19.3 Å². The van der Waals surface area contributed by atoms with Crippen LogP contribution in [0.5, 0.6) is 5.88 Å². The predicted molar refractivity (Wildman–Crippen MR) is 81.0 cm³/mol. The van der Waals surface area contributed by atoms with Gasteiger partial charge in [-0.2, -0.15) is 0 Å². The maximum atomic E-state index is 5.14. The monoisotopic (exact) mass is 276 g/mol. The summed E-state index contributed by atoms with van der Waals surface area (Å²) in [5.74, 6) is 2.43. The van der Waals surface area contributed by atoms with Crippen LogP contribution in [0.4, 0.5) is 0 Å². The lowest BCUT2D eigenvalue weighted by atomic mass is 10.00. The molecule has 1 fully saturated rings. The van der Waals surface area contributed by atoms with Crippen LogP contribution in [0.1, 0.15) is 25.5 Å². The third-order valence-corrected chi connectivity index (χ3v) is 3.71. The van der Waals surface area contributed by atoms with Gasteiger partial charge < -0.3 is 15.0 Å². The second kappa shape index (κ2) is 7.12. The minimum Gasteiger partial charge on any atom is -0.481 e. The molecule has 1 aromatic rings. The minimum atomic E-state index is 0.645. The number of hydrogen-bond donors (Lipinski definition) is 1. The van der Waals surface area contributed by atoms with Crippen LogP contribution < -0.4 is 10.1 Å². The van der Waals surface area contributed by atoms with Gasteiger partial charge in [-0.25, -0.2) is 4.98 Å². The number of pyridine rings is 1. The molecule has 0 amide bonds. The number of guanidine groups is 1. The van der Waals surface area contributed by atoms with Gasteiger partial charge in [-0.05, 0) is 24.8 Å². The Morgan fingerprint density at radius 1 is 1.45 bits per heavy atom. The number of methoxy groups -OCH3 is 1. The average Bonchev–Trinajstić information content (AvgIpc) is 2.50. The van der Waals surface area contributed by atoms with E-state index in [1.807, 2.05) is 25.2 Å². The molecule has 0 aliphatic carbocycles. The van der Waals surface area contributed by atoms with E-state index >= 15 is 0 Å². The Morgan fingerprint density at radius 3 is 2.85 bits per heavy atom. The number of aliphatic imine (C=N–C) groups is 1. The van der Waals surface area contributed by atoms with Crippen molar-refractivity contribution in [3.63, 3.8) is 0 Å². The first-order valence-corrected chi connectivity index (χ1v) is 7.18. The van der Waals surface area contributed by atoms with Crippen molar-refractivity contribution in [2.24, 2.45) is 10.9 Å². The van der Waals surface area contributed by atoms with Gasteiger partial charge in [-0.15, -0.1) is 0 Å². The molecule has 2 heterocycles. The zero-order valence-electron chi connectivity index (χ0n) is 12.6. The third-order valence-electron chi connectivity index (χ3n) is 3.71. The first-order valence-electron chi connectivity index (χ1n) is 7.18. The summed E-state index contributed by atoms with van der Waals surface area (Å²) in [5.41, 5.74) is 0.955. The highest BCUT2D eigenvalue weighted by Crippen LogP contribution is 2.16. The fourth-order valence-corrected chi connectivity index (χ4v) is 2.39. The molecular formula is C15H24N4O. The smallest absolute Gasteiger partial charge is 0.213 e. The summed E-state index contributed by atoms with van der Waals surface area (Å²) in [6.45, 7) is 5.13. The summed E-state index contributed by atoms with van der Waals surface area (Å²) >= 11 is 0. The Labute approximate surface area is 121 Å². The summed E-state index contributed by atoms with van der Waals surface area (Å²) in [6, 6.07) is 5.79. The van der Waals surface area contributed by atoms with Gasteiger partial charge in [0, 0.05) is 26.2 Å². The van der Waals surface area contributed by atoms with Crippen molar-refractivity contribution in [2.75, 3.05) is 27.2 Å². The SMILES string of the molecule is CN=C(NCc1cccc(OC)n1)N1CCC(C)CC1. The van der Waals surface area contributed by atoms with Gasteiger partial charge >= 0.3 is 0 Å². The molecule has 2 rings (SSSR count). The van der Waals surface area contributed by atoms with E-state index in [4.69, 9.17) is 4.74 Å². The van der Waals surface area contributed by atoms with Crippen LogP contribution in [-0.4, -0.2) is 43.1 Å². The standard InChI is InChI=1S/C15H24N4O/c1-12-7-9-19(10-8-12)15(16-2)17-11-13-5-4-6-14(18-13)20-3/h4-6,12H,7-11H2,1-3H3,(H,16,17). The number of nitrogens with zero attached hydrogens (tertiary/aromatic N) is 3. The second-order valence-corrected chi connectivity index (χ2v) is 5.24. The first kappa shape index (κ1) is 14.6. The maximum Gasteiger partial charge on any atom is 0.213 e. The van der Waals surface area contributed by atoms with Crippen molar-refractivity contribution in [3.8, 4) is 5.88 Å². The fraction of sp³-hybridized carbons (Fsp3) is 0.600. The largest absolute Gasteiger partial charge is 0.481 e. The van der Waals surface area contributed by atoms with Crippen molar-refractivity contribution in [3.05, 3.63) is 23.9 Å². The molecule has 110 valence electrons. The van der Waals surface area contributed by atoms with E-state index in [2.05, 4.69) is 27.1 Å². The van der Waals surface area contributed by atoms with Crippen molar-refractivity contribution in [2.45, 2.75) is 26.3 Å². The highest BCUT2D eigenvalue weighted by Gasteiger charge is 2.18. The predicted octanol–water partition coefficient (Wildman–Crippen LogP) is 1.90. The number of piperidine rings is 1. The maximum absolute atomic E-state index is 5.14. The molecule has 1 aromatic heterocycles. The Balaban J connectivity index is 1.90. The van der Waals surface area contributed by atoms with Crippen LogP contribution in [0, 0.1) is 5.92 Å². The number of likely N-dealkylation sites (tertiary alicyclic amines) is 1. The molecule has 5 heteroatoms. The molecule has 0 radical (unpaired) electrons. The average molecular weight is 276 g/mol. The van der Waals surface area contributed by atoms with Crippen molar-refractivity contribution in [1.82, 2.24) is 15.2 Å². The molecule has 1 aliphatic rings. The Kier molecular flexibility index (Phi) is 5.21. The first-order chi connectivity index (χ1) is 9.72. The third kappa shape index (κ3) is 3.85. The number of hydrogen-bond acceptors (Lipinski definition) is 3. The molecular weight excluding hydrogens is 252 g/mol. The molecule has 0 atom stereocenters. The van der Waals surface area contributed by atoms with Gasteiger partial charge in [0.25, 0.3) is 0 Å². The zero-order chi connectivity index (χ0) is 14.4. The van der Waals surface area contributed by atoms with Crippen LogP contribution in [0.25, 0.3) is 0 Å². The summed E-state index contributed by atoms with van der Waals surface area (Å²) in [5, 5.41) is 3.38. The van der Waals surface area contributed by atoms with E-state index in [0.717, 1.165) is 30.7 Å². The van der Waals surface area contributed by atoms with Crippen molar-refractivity contribution < 1.29 is 4.74 Å². The molecule has 0 saturated carbocycles. The van der Waals surface area contributed by atoms with Gasteiger partial charge in [-0.1, -0.05) is 13.0 Å². The molecule has 1 N–H and O–H groups in total. The van der Waals surface area contributed by atoms with Crippen LogP contribution >= 0.6 is 0 Å². The summed E-state index contributed by atoms with van der Waals surface area (Å²) < 4.78 is 5.14. The van der Waals surface area contributed by atoms with Crippen molar-refractivity contribution in [1.29, 1.82) is 0 Å². The van der Waals surface area contributed by atoms with Crippen LogP contribution in [-0.2, 0) is 6.54 Å². The van der Waals surface area contributed by atoms with E-state index < -0.39 is 0 Å². The number of ether oxygens (including phenoxy) is 1. The van der Waals surface area contributed by atoms with Crippen LogP contribution in [0.15, 0.2) is 23.2 Å². The van der Waals surface area contributed by atoms with Gasteiger partial charge in [0.1, 0.15) is 0 Å². The minimum absolute atomic E-state index is 0.645. The fourth-order valence-electron chi connectivity index (χ4n) is 2.39. The van der Waals surface area contributed by atoms with Gasteiger partial charge in [-0.3, -0.25) is 4.99 Å². The lowest BCUT2D eigenvalue weighted by Gasteiger charge is -2.32. The van der Waals surface area contributed by atoms with E-state index in [-0.39, 0.29) is 0 Å². The molecule has 1 aliphatic heterocycles. The normalized spacial score (nSPS) is 17.1. The van der Waals surface area contributed by atoms with Crippen LogP contribution in [0.3, 0.4) is 0 Å². The molecule has 1 saturated heterocycles. The number of nitrogens with one attached hydrogen (secondary N) is 1. The molecule has 0 spiro atoms.